The summed E-state index contributed by atoms with van der Waals surface area (Å²) in [7, 11) is -3.90. The number of primary sulfonamides is 1. The summed E-state index contributed by atoms with van der Waals surface area (Å²) in [6, 6.07) is 0. The average Bonchev–Trinajstić information content (AvgIpc) is 2.80. The summed E-state index contributed by atoms with van der Waals surface area (Å²) in [6.07, 6.45) is 0.362. The molecule has 11 heteroatoms. The van der Waals surface area contributed by atoms with E-state index >= 15 is 0 Å². The van der Waals surface area contributed by atoms with E-state index in [0.29, 0.717) is 16.7 Å². The number of hydrogen-bond acceptors (Lipinski definition) is 6. The van der Waals surface area contributed by atoms with Crippen molar-refractivity contribution in [2.75, 3.05) is 0 Å². The molecule has 0 aromatic carbocycles. The van der Waals surface area contributed by atoms with Gasteiger partial charge in [-0.2, -0.15) is 4.52 Å². The molecule has 8 nitrogen and oxygen atoms in total. The SMILES string of the molecule is CCC(C(=O)O)c1nc2sc(S(N)(=O)=O)nn2c1Br. The Bertz CT molecular complexity index is 750. The van der Waals surface area contributed by atoms with E-state index in [4.69, 9.17) is 10.2 Å². The lowest BCUT2D eigenvalue weighted by atomic mass is 10.0. The topological polar surface area (TPSA) is 128 Å². The lowest BCUT2D eigenvalue weighted by molar-refractivity contribution is -0.138. The van der Waals surface area contributed by atoms with Crippen LogP contribution in [0.3, 0.4) is 0 Å². The molecule has 0 bridgehead atoms. The van der Waals surface area contributed by atoms with Crippen LogP contribution in [0.2, 0.25) is 0 Å². The second-order valence-corrected chi connectivity index (χ2v) is 7.14. The number of sulfonamides is 1. The van der Waals surface area contributed by atoms with Crippen LogP contribution >= 0.6 is 27.3 Å². The minimum Gasteiger partial charge on any atom is -0.481 e. The largest absolute Gasteiger partial charge is 0.481 e. The van der Waals surface area contributed by atoms with E-state index in [1.807, 2.05) is 0 Å². The Morgan fingerprint density at radius 1 is 1.63 bits per heavy atom. The van der Waals surface area contributed by atoms with Crippen molar-refractivity contribution >= 4 is 48.2 Å². The van der Waals surface area contributed by atoms with Gasteiger partial charge in [0.2, 0.25) is 9.30 Å². The molecule has 0 radical (unpaired) electrons. The van der Waals surface area contributed by atoms with Crippen molar-refractivity contribution in [3.8, 4) is 0 Å². The zero-order chi connectivity index (χ0) is 14.4. The maximum Gasteiger partial charge on any atom is 0.312 e. The number of nitrogens with zero attached hydrogens (tertiary/aromatic N) is 3. The third-order valence-electron chi connectivity index (χ3n) is 2.43. The van der Waals surface area contributed by atoms with Crippen LogP contribution in [0.25, 0.3) is 4.96 Å². The maximum absolute atomic E-state index is 11.2. The van der Waals surface area contributed by atoms with Gasteiger partial charge in [0.25, 0.3) is 10.0 Å². The van der Waals surface area contributed by atoms with Gasteiger partial charge in [0.15, 0.2) is 0 Å². The van der Waals surface area contributed by atoms with Crippen molar-refractivity contribution in [2.24, 2.45) is 5.14 Å². The van der Waals surface area contributed by atoms with Gasteiger partial charge in [0.05, 0.1) is 5.69 Å². The number of hydrogen-bond donors (Lipinski definition) is 2. The fourth-order valence-corrected chi connectivity index (χ4v) is 3.80. The number of nitrogens with two attached hydrogens (primary N) is 1. The number of carboxylic acid groups (broad SMARTS) is 1. The highest BCUT2D eigenvalue weighted by molar-refractivity contribution is 9.10. The average molecular weight is 369 g/mol. The summed E-state index contributed by atoms with van der Waals surface area (Å²) in [5.41, 5.74) is 0.315. The van der Waals surface area contributed by atoms with Crippen LogP contribution in [0.15, 0.2) is 8.94 Å². The maximum atomic E-state index is 11.2. The van der Waals surface area contributed by atoms with E-state index in [2.05, 4.69) is 26.0 Å². The number of carbonyl (C=O) groups is 1. The first kappa shape index (κ1) is 14.4. The number of fused-ring (bicyclic) bond motifs is 1. The number of rotatable bonds is 4. The Kier molecular flexibility index (Phi) is 3.64. The molecule has 104 valence electrons. The quantitative estimate of drug-likeness (QED) is 0.820. The van der Waals surface area contributed by atoms with Gasteiger partial charge >= 0.3 is 5.97 Å². The van der Waals surface area contributed by atoms with E-state index < -0.39 is 21.9 Å². The second-order valence-electron chi connectivity index (χ2n) is 3.69. The van der Waals surface area contributed by atoms with Gasteiger partial charge in [0, 0.05) is 0 Å². The van der Waals surface area contributed by atoms with E-state index in [1.165, 1.54) is 4.52 Å². The monoisotopic (exact) mass is 368 g/mol. The van der Waals surface area contributed by atoms with Gasteiger partial charge in [-0.1, -0.05) is 18.3 Å². The van der Waals surface area contributed by atoms with Crippen molar-refractivity contribution in [1.82, 2.24) is 14.6 Å². The second kappa shape index (κ2) is 4.81. The lowest BCUT2D eigenvalue weighted by Gasteiger charge is -2.06. The molecule has 0 aliphatic heterocycles. The Balaban J connectivity index is 2.60. The summed E-state index contributed by atoms with van der Waals surface area (Å²) < 4.78 is 23.6. The van der Waals surface area contributed by atoms with Crippen molar-refractivity contribution in [1.29, 1.82) is 0 Å². The smallest absolute Gasteiger partial charge is 0.312 e. The highest BCUT2D eigenvalue weighted by Gasteiger charge is 2.27. The van der Waals surface area contributed by atoms with Crippen LogP contribution in [0.4, 0.5) is 0 Å². The Morgan fingerprint density at radius 2 is 2.26 bits per heavy atom. The third kappa shape index (κ3) is 2.50. The molecule has 2 aromatic heterocycles. The summed E-state index contributed by atoms with van der Waals surface area (Å²) in [4.78, 5) is 15.5. The van der Waals surface area contributed by atoms with E-state index in [-0.39, 0.29) is 9.30 Å². The highest BCUT2D eigenvalue weighted by Crippen LogP contribution is 2.30. The van der Waals surface area contributed by atoms with Gasteiger partial charge < -0.3 is 5.11 Å². The van der Waals surface area contributed by atoms with Crippen LogP contribution in [0.1, 0.15) is 25.0 Å². The summed E-state index contributed by atoms with van der Waals surface area (Å²) in [6.45, 7) is 1.72. The number of halogens is 1. The number of aromatic nitrogens is 3. The number of aliphatic carboxylic acids is 1. The molecule has 3 N–H and O–H groups in total. The highest BCUT2D eigenvalue weighted by atomic mass is 79.9. The summed E-state index contributed by atoms with van der Waals surface area (Å²) in [5, 5.41) is 17.9. The predicted molar refractivity (Wildman–Crippen MR) is 70.6 cm³/mol. The van der Waals surface area contributed by atoms with E-state index in [9.17, 15) is 13.2 Å². The Labute approximate surface area is 120 Å². The summed E-state index contributed by atoms with van der Waals surface area (Å²) in [5.74, 6) is -1.78. The number of imidazole rings is 1. The van der Waals surface area contributed by atoms with Crippen molar-refractivity contribution in [3.63, 3.8) is 0 Å². The molecule has 2 heterocycles. The third-order valence-corrected chi connectivity index (χ3v) is 5.40. The molecule has 19 heavy (non-hydrogen) atoms. The van der Waals surface area contributed by atoms with Gasteiger partial charge in [-0.15, -0.1) is 5.10 Å². The molecule has 1 atom stereocenters. The molecule has 1 unspecified atom stereocenters. The molecule has 0 aliphatic rings. The van der Waals surface area contributed by atoms with Crippen molar-refractivity contribution < 1.29 is 18.3 Å². The molecule has 0 spiro atoms. The van der Waals surface area contributed by atoms with Crippen LogP contribution in [-0.2, 0) is 14.8 Å². The predicted octanol–water partition coefficient (Wildman–Crippen LogP) is 0.779. The first-order chi connectivity index (χ1) is 8.75. The van der Waals surface area contributed by atoms with E-state index in [0.717, 1.165) is 11.3 Å². The molecule has 0 saturated carbocycles. The fraction of sp³-hybridized carbons (Fsp3) is 0.375. The van der Waals surface area contributed by atoms with Crippen LogP contribution < -0.4 is 5.14 Å². The van der Waals surface area contributed by atoms with Crippen LogP contribution in [0, 0.1) is 0 Å². The molecule has 2 rings (SSSR count). The zero-order valence-electron chi connectivity index (χ0n) is 9.57. The number of carboxylic acids is 1. The Morgan fingerprint density at radius 3 is 2.68 bits per heavy atom. The van der Waals surface area contributed by atoms with Crippen LogP contribution in [0.5, 0.6) is 0 Å². The molecular weight excluding hydrogens is 360 g/mol. The fourth-order valence-electron chi connectivity index (χ4n) is 1.54. The van der Waals surface area contributed by atoms with Crippen molar-refractivity contribution in [2.45, 2.75) is 23.6 Å². The van der Waals surface area contributed by atoms with E-state index in [1.54, 1.807) is 6.92 Å². The molecule has 2 aromatic rings. The standard InChI is InChI=1S/C8H9BrN4O4S2/c1-2-3(6(14)15)4-5(9)13-7(11-4)18-8(12-13)19(10,16)17/h3H,2H2,1H3,(H,14,15)(H2,10,16,17). The van der Waals surface area contributed by atoms with Gasteiger partial charge in [-0.3, -0.25) is 4.79 Å². The normalized spacial score (nSPS) is 13.8. The first-order valence-electron chi connectivity index (χ1n) is 5.06. The first-order valence-corrected chi connectivity index (χ1v) is 8.21. The van der Waals surface area contributed by atoms with Gasteiger partial charge in [-0.25, -0.2) is 18.5 Å². The molecular formula is C8H9BrN4O4S2. The summed E-state index contributed by atoms with van der Waals surface area (Å²) >= 11 is 3.97. The van der Waals surface area contributed by atoms with Crippen LogP contribution in [-0.4, -0.2) is 34.1 Å². The molecule has 0 fully saturated rings. The molecule has 0 amide bonds. The van der Waals surface area contributed by atoms with Gasteiger partial charge in [-0.05, 0) is 22.4 Å². The minimum atomic E-state index is -3.90. The minimum absolute atomic E-state index is 0.269. The molecule has 0 aliphatic carbocycles. The Hall–Kier alpha value is -1.04. The zero-order valence-corrected chi connectivity index (χ0v) is 12.8. The van der Waals surface area contributed by atoms with Gasteiger partial charge in [0.1, 0.15) is 10.5 Å². The van der Waals surface area contributed by atoms with Crippen molar-refractivity contribution in [3.05, 3.63) is 10.3 Å². The molecule has 0 saturated heterocycles. The lowest BCUT2D eigenvalue weighted by Crippen LogP contribution is -2.13.